The van der Waals surface area contributed by atoms with Crippen LogP contribution < -0.4 is 5.43 Å². The van der Waals surface area contributed by atoms with E-state index >= 15 is 0 Å². The number of hydrazone groups is 1. The molecule has 2 aliphatic rings. The number of anilines is 1. The first-order valence-electron chi connectivity index (χ1n) is 6.21. The van der Waals surface area contributed by atoms with Gasteiger partial charge in [0.15, 0.2) is 0 Å². The number of hydrogen-bond acceptors (Lipinski definition) is 3. The van der Waals surface area contributed by atoms with E-state index in [1.807, 2.05) is 48.7 Å². The molecule has 1 aromatic heterocycles. The van der Waals surface area contributed by atoms with E-state index < -0.39 is 0 Å². The number of allylic oxidation sites excluding steroid dienone is 4. The number of hydrogen-bond donors (Lipinski definition) is 1. The van der Waals surface area contributed by atoms with Crippen LogP contribution in [0.15, 0.2) is 47.6 Å². The highest BCUT2D eigenvalue weighted by atomic mass is 15.3. The van der Waals surface area contributed by atoms with Crippen molar-refractivity contribution < 1.29 is 0 Å². The highest BCUT2D eigenvalue weighted by Crippen LogP contribution is 2.34. The van der Waals surface area contributed by atoms with Crippen LogP contribution in [0.2, 0.25) is 0 Å². The zero-order valence-electron chi connectivity index (χ0n) is 10.2. The van der Waals surface area contributed by atoms with Crippen LogP contribution >= 0.6 is 0 Å². The van der Waals surface area contributed by atoms with Gasteiger partial charge in [0, 0.05) is 16.5 Å². The Bertz CT molecular complexity index is 795. The van der Waals surface area contributed by atoms with Gasteiger partial charge in [-0.05, 0) is 12.1 Å². The van der Waals surface area contributed by atoms with Crippen molar-refractivity contribution >= 4 is 35.0 Å². The van der Waals surface area contributed by atoms with E-state index in [0.29, 0.717) is 0 Å². The lowest BCUT2D eigenvalue weighted by molar-refractivity contribution is 1.29. The normalized spacial score (nSPS) is 14.9. The summed E-state index contributed by atoms with van der Waals surface area (Å²) < 4.78 is 0. The Hall–Kier alpha value is -2.68. The summed E-state index contributed by atoms with van der Waals surface area (Å²) in [5.41, 5.74) is 8.30. The Morgan fingerprint density at radius 3 is 2.79 bits per heavy atom. The molecule has 3 heteroatoms. The van der Waals surface area contributed by atoms with Crippen LogP contribution in [0.4, 0.5) is 5.69 Å². The van der Waals surface area contributed by atoms with Crippen molar-refractivity contribution in [2.24, 2.45) is 5.10 Å². The van der Waals surface area contributed by atoms with E-state index in [4.69, 9.17) is 4.98 Å². The van der Waals surface area contributed by atoms with E-state index in [-0.39, 0.29) is 0 Å². The fourth-order valence-electron chi connectivity index (χ4n) is 2.49. The van der Waals surface area contributed by atoms with Crippen molar-refractivity contribution in [1.82, 2.24) is 4.98 Å². The second-order valence-corrected chi connectivity index (χ2v) is 4.50. The smallest absolute Gasteiger partial charge is 0.0756 e. The molecule has 90 valence electrons. The number of nitrogens with zero attached hydrogens (tertiary/aromatic N) is 2. The topological polar surface area (TPSA) is 37.3 Å². The van der Waals surface area contributed by atoms with Gasteiger partial charge in [-0.15, -0.1) is 0 Å². The maximum Gasteiger partial charge on any atom is 0.0756 e. The maximum absolute atomic E-state index is 4.75. The molecule has 0 saturated heterocycles. The van der Waals surface area contributed by atoms with Gasteiger partial charge in [-0.1, -0.05) is 42.5 Å². The Labute approximate surface area is 110 Å². The zero-order valence-corrected chi connectivity index (χ0v) is 10.2. The number of rotatable bonds is 0. The number of pyridine rings is 1. The van der Waals surface area contributed by atoms with Crippen molar-refractivity contribution in [2.45, 2.75) is 0 Å². The minimum absolute atomic E-state index is 0.963. The van der Waals surface area contributed by atoms with E-state index in [1.165, 1.54) is 0 Å². The van der Waals surface area contributed by atoms with Gasteiger partial charge in [-0.3, -0.25) is 5.43 Å². The molecule has 0 unspecified atom stereocenters. The Kier molecular flexibility index (Phi) is 2.12. The molecule has 19 heavy (non-hydrogen) atoms. The van der Waals surface area contributed by atoms with Gasteiger partial charge < -0.3 is 0 Å². The molecule has 3 nitrogen and oxygen atoms in total. The molecular formula is C16H11N3. The van der Waals surface area contributed by atoms with Crippen LogP contribution in [0.3, 0.4) is 0 Å². The van der Waals surface area contributed by atoms with Gasteiger partial charge in [-0.25, -0.2) is 4.98 Å². The molecule has 0 atom stereocenters. The second-order valence-electron chi connectivity index (χ2n) is 4.50. The third-order valence-corrected chi connectivity index (χ3v) is 3.34. The van der Waals surface area contributed by atoms with Crippen molar-refractivity contribution in [3.8, 4) is 0 Å². The highest BCUT2D eigenvalue weighted by molar-refractivity contribution is 6.09. The first-order valence-corrected chi connectivity index (χ1v) is 6.21. The van der Waals surface area contributed by atoms with Crippen LogP contribution in [-0.2, 0) is 0 Å². The molecule has 1 aromatic carbocycles. The van der Waals surface area contributed by atoms with Crippen LogP contribution in [0.5, 0.6) is 0 Å². The molecule has 0 fully saturated rings. The van der Waals surface area contributed by atoms with Crippen LogP contribution in [0.1, 0.15) is 16.8 Å². The zero-order chi connectivity index (χ0) is 12.7. The largest absolute Gasteiger partial charge is 0.277 e. The molecule has 0 radical (unpaired) electrons. The average molecular weight is 245 g/mol. The van der Waals surface area contributed by atoms with E-state index in [1.54, 1.807) is 0 Å². The molecular weight excluding hydrogens is 234 g/mol. The third kappa shape index (κ3) is 1.52. The Morgan fingerprint density at radius 2 is 1.84 bits per heavy atom. The molecule has 2 aromatic rings. The molecule has 0 saturated carbocycles. The van der Waals surface area contributed by atoms with Gasteiger partial charge in [0.2, 0.25) is 0 Å². The van der Waals surface area contributed by atoms with E-state index in [9.17, 15) is 0 Å². The number of nitrogens with one attached hydrogen (secondary N) is 1. The van der Waals surface area contributed by atoms with Gasteiger partial charge in [0.25, 0.3) is 0 Å². The third-order valence-electron chi connectivity index (χ3n) is 3.34. The van der Waals surface area contributed by atoms with Gasteiger partial charge in [0.1, 0.15) is 0 Å². The Morgan fingerprint density at radius 1 is 0.947 bits per heavy atom. The summed E-state index contributed by atoms with van der Waals surface area (Å²) >= 11 is 0. The summed E-state index contributed by atoms with van der Waals surface area (Å²) in [6.07, 6.45) is 14.0. The molecule has 4 rings (SSSR count). The van der Waals surface area contributed by atoms with Crippen molar-refractivity contribution in [3.63, 3.8) is 0 Å². The lowest BCUT2D eigenvalue weighted by Gasteiger charge is -2.17. The minimum atomic E-state index is 0.963. The molecule has 0 bridgehead atoms. The molecule has 1 aliphatic carbocycles. The average Bonchev–Trinajstić information content (AvgIpc) is 2.41. The Balaban J connectivity index is 2.16. The molecule has 2 heterocycles. The lowest BCUT2D eigenvalue weighted by atomic mass is 10.00. The standard InChI is InChI=1S/C16H11N3/c1-2-4-8-13-12(7-3-1)16-15-11(10-17-19-16)6-5-9-14(15)18-13/h1-10,19H. The number of fused-ring (bicyclic) bond motifs is 2. The monoisotopic (exact) mass is 245 g/mol. The van der Waals surface area contributed by atoms with Gasteiger partial charge in [-0.2, -0.15) is 5.10 Å². The summed E-state index contributed by atoms with van der Waals surface area (Å²) in [4.78, 5) is 4.75. The first-order chi connectivity index (χ1) is 9.43. The number of aromatic nitrogens is 1. The summed E-state index contributed by atoms with van der Waals surface area (Å²) in [7, 11) is 0. The number of benzene rings is 1. The van der Waals surface area contributed by atoms with E-state index in [0.717, 1.165) is 33.4 Å². The second kappa shape index (κ2) is 3.92. The van der Waals surface area contributed by atoms with Gasteiger partial charge in [0.05, 0.1) is 23.1 Å². The highest BCUT2D eigenvalue weighted by Gasteiger charge is 2.16. The van der Waals surface area contributed by atoms with Crippen LogP contribution in [0.25, 0.3) is 23.1 Å². The van der Waals surface area contributed by atoms with Crippen molar-refractivity contribution in [1.29, 1.82) is 0 Å². The van der Waals surface area contributed by atoms with Gasteiger partial charge >= 0.3 is 0 Å². The maximum atomic E-state index is 4.75. The summed E-state index contributed by atoms with van der Waals surface area (Å²) in [6.45, 7) is 0. The predicted molar refractivity (Wildman–Crippen MR) is 80.2 cm³/mol. The predicted octanol–water partition coefficient (Wildman–Crippen LogP) is 3.59. The fraction of sp³-hybridized carbons (Fsp3) is 0. The van der Waals surface area contributed by atoms with Crippen LogP contribution in [0, 0.1) is 0 Å². The SMILES string of the molecule is C1=CC=Cc2c(nc3cccc4c3c2NN=C4)C=C1. The minimum Gasteiger partial charge on any atom is -0.277 e. The van der Waals surface area contributed by atoms with Crippen LogP contribution in [-0.4, -0.2) is 11.2 Å². The van der Waals surface area contributed by atoms with Crippen molar-refractivity contribution in [2.75, 3.05) is 5.43 Å². The lowest BCUT2D eigenvalue weighted by Crippen LogP contribution is -2.05. The summed E-state index contributed by atoms with van der Waals surface area (Å²) in [6, 6.07) is 6.11. The molecule has 1 aliphatic heterocycles. The summed E-state index contributed by atoms with van der Waals surface area (Å²) in [5, 5.41) is 5.36. The fourth-order valence-corrected chi connectivity index (χ4v) is 2.49. The molecule has 1 N–H and O–H groups in total. The molecule has 0 spiro atoms. The molecule has 0 amide bonds. The van der Waals surface area contributed by atoms with Crippen molar-refractivity contribution in [3.05, 3.63) is 59.3 Å². The van der Waals surface area contributed by atoms with E-state index in [2.05, 4.69) is 22.7 Å². The first kappa shape index (κ1) is 10.3. The summed E-state index contributed by atoms with van der Waals surface area (Å²) in [5.74, 6) is 0. The quantitative estimate of drug-likeness (QED) is 0.770.